The minimum atomic E-state index is -2.92. The molecule has 2 unspecified atom stereocenters. The zero-order valence-corrected chi connectivity index (χ0v) is 6.92. The summed E-state index contributed by atoms with van der Waals surface area (Å²) in [6, 6.07) is 0. The lowest BCUT2D eigenvalue weighted by molar-refractivity contribution is 0.0559. The molecule has 1 aliphatic rings. The molecule has 0 radical (unpaired) electrons. The van der Waals surface area contributed by atoms with Crippen molar-refractivity contribution < 1.29 is 18.6 Å². The van der Waals surface area contributed by atoms with Crippen molar-refractivity contribution in [1.29, 1.82) is 0 Å². The molecule has 0 bridgehead atoms. The first-order valence-electron chi connectivity index (χ1n) is 3.54. The van der Waals surface area contributed by atoms with Crippen molar-refractivity contribution in [2.24, 2.45) is 5.92 Å². The minimum absolute atomic E-state index is 0.0225. The van der Waals surface area contributed by atoms with Crippen molar-refractivity contribution in [2.45, 2.75) is 12.5 Å². The molecule has 1 saturated heterocycles. The molecule has 0 aromatic heterocycles. The van der Waals surface area contributed by atoms with E-state index in [4.69, 9.17) is 10.2 Å². The van der Waals surface area contributed by atoms with E-state index in [9.17, 15) is 8.42 Å². The van der Waals surface area contributed by atoms with Gasteiger partial charge in [0.25, 0.3) is 0 Å². The summed E-state index contributed by atoms with van der Waals surface area (Å²) in [6.45, 7) is -0.347. The smallest absolute Gasteiger partial charge is 0.150 e. The Balaban J connectivity index is 2.55. The van der Waals surface area contributed by atoms with Crippen LogP contribution in [0.25, 0.3) is 0 Å². The summed E-state index contributed by atoms with van der Waals surface area (Å²) in [4.78, 5) is 0. The van der Waals surface area contributed by atoms with E-state index >= 15 is 0 Å². The summed E-state index contributed by atoms with van der Waals surface area (Å²) in [6.07, 6.45) is -0.392. The predicted molar refractivity (Wildman–Crippen MR) is 39.9 cm³/mol. The van der Waals surface area contributed by atoms with Gasteiger partial charge in [-0.25, -0.2) is 8.42 Å². The second kappa shape index (κ2) is 3.08. The fraction of sp³-hybridized carbons (Fsp3) is 1.00. The first-order valence-corrected chi connectivity index (χ1v) is 5.36. The third-order valence-corrected chi connectivity index (χ3v) is 3.79. The van der Waals surface area contributed by atoms with Gasteiger partial charge in [0.05, 0.1) is 24.2 Å². The van der Waals surface area contributed by atoms with Crippen LogP contribution in [0.15, 0.2) is 0 Å². The van der Waals surface area contributed by atoms with E-state index in [0.29, 0.717) is 6.42 Å². The summed E-state index contributed by atoms with van der Waals surface area (Å²) in [5, 5.41) is 17.6. The van der Waals surface area contributed by atoms with E-state index in [1.807, 2.05) is 0 Å². The lowest BCUT2D eigenvalue weighted by Gasteiger charge is -2.12. The molecule has 1 rings (SSSR count). The number of hydrogen-bond donors (Lipinski definition) is 2. The van der Waals surface area contributed by atoms with E-state index in [0.717, 1.165) is 0 Å². The SMILES string of the molecule is O=S1(=O)CCC(C(O)CO)C1. The van der Waals surface area contributed by atoms with Gasteiger partial charge in [-0.3, -0.25) is 0 Å². The molecule has 1 heterocycles. The molecule has 2 atom stereocenters. The summed E-state index contributed by atoms with van der Waals surface area (Å²) in [5.41, 5.74) is 0. The van der Waals surface area contributed by atoms with Crippen LogP contribution in [0.3, 0.4) is 0 Å². The topological polar surface area (TPSA) is 74.6 Å². The Morgan fingerprint density at radius 1 is 1.55 bits per heavy atom. The van der Waals surface area contributed by atoms with Crippen molar-refractivity contribution in [2.75, 3.05) is 18.1 Å². The Morgan fingerprint density at radius 3 is 2.55 bits per heavy atom. The Bertz CT molecular complexity index is 221. The highest BCUT2D eigenvalue weighted by Gasteiger charge is 2.32. The Kier molecular flexibility index (Phi) is 2.51. The lowest BCUT2D eigenvalue weighted by Crippen LogP contribution is -2.24. The van der Waals surface area contributed by atoms with Crippen molar-refractivity contribution in [3.8, 4) is 0 Å². The van der Waals surface area contributed by atoms with Crippen LogP contribution in [0.1, 0.15) is 6.42 Å². The van der Waals surface area contributed by atoms with Crippen molar-refractivity contribution >= 4 is 9.84 Å². The van der Waals surface area contributed by atoms with Gasteiger partial charge in [-0.05, 0) is 6.42 Å². The fourth-order valence-electron chi connectivity index (χ4n) is 1.28. The van der Waals surface area contributed by atoms with Crippen LogP contribution in [0.5, 0.6) is 0 Å². The van der Waals surface area contributed by atoms with Crippen LogP contribution >= 0.6 is 0 Å². The molecule has 0 aliphatic carbocycles. The predicted octanol–water partition coefficient (Wildman–Crippen LogP) is -1.23. The summed E-state index contributed by atoms with van der Waals surface area (Å²) in [5.74, 6) is -0.0892. The van der Waals surface area contributed by atoms with E-state index in [2.05, 4.69) is 0 Å². The third kappa shape index (κ3) is 2.15. The van der Waals surface area contributed by atoms with Gasteiger partial charge in [0.2, 0.25) is 0 Å². The zero-order chi connectivity index (χ0) is 8.48. The molecule has 0 amide bonds. The average Bonchev–Trinajstić information content (AvgIpc) is 2.29. The van der Waals surface area contributed by atoms with Gasteiger partial charge in [-0.1, -0.05) is 0 Å². The highest BCUT2D eigenvalue weighted by molar-refractivity contribution is 7.91. The van der Waals surface area contributed by atoms with Gasteiger partial charge in [0.15, 0.2) is 9.84 Å². The normalized spacial score (nSPS) is 32.0. The molecule has 4 nitrogen and oxygen atoms in total. The maximum Gasteiger partial charge on any atom is 0.150 e. The van der Waals surface area contributed by atoms with Gasteiger partial charge in [0, 0.05) is 5.92 Å². The molecule has 0 aromatic rings. The van der Waals surface area contributed by atoms with E-state index in [1.54, 1.807) is 0 Å². The number of rotatable bonds is 2. The second-order valence-corrected chi connectivity index (χ2v) is 5.14. The molecule has 0 aromatic carbocycles. The van der Waals surface area contributed by atoms with Crippen LogP contribution in [0.2, 0.25) is 0 Å². The maximum atomic E-state index is 10.9. The first-order chi connectivity index (χ1) is 5.05. The minimum Gasteiger partial charge on any atom is -0.394 e. The Morgan fingerprint density at radius 2 is 2.18 bits per heavy atom. The standard InChI is InChI=1S/C6H12O4S/c7-3-6(8)5-1-2-11(9,10)4-5/h5-8H,1-4H2. The van der Waals surface area contributed by atoms with Crippen molar-refractivity contribution in [3.63, 3.8) is 0 Å². The summed E-state index contributed by atoms with van der Waals surface area (Å²) < 4.78 is 21.7. The molecule has 0 spiro atoms. The van der Waals surface area contributed by atoms with Crippen LogP contribution in [0.4, 0.5) is 0 Å². The number of sulfone groups is 1. The first kappa shape index (κ1) is 8.96. The van der Waals surface area contributed by atoms with Crippen LogP contribution < -0.4 is 0 Å². The average molecular weight is 180 g/mol. The molecule has 1 aliphatic heterocycles. The maximum absolute atomic E-state index is 10.9. The van der Waals surface area contributed by atoms with E-state index in [1.165, 1.54) is 0 Å². The highest BCUT2D eigenvalue weighted by Crippen LogP contribution is 2.21. The molecule has 11 heavy (non-hydrogen) atoms. The molecule has 5 heteroatoms. The second-order valence-electron chi connectivity index (χ2n) is 2.91. The van der Waals surface area contributed by atoms with Gasteiger partial charge in [0.1, 0.15) is 0 Å². The van der Waals surface area contributed by atoms with Crippen molar-refractivity contribution in [3.05, 3.63) is 0 Å². The third-order valence-electron chi connectivity index (χ3n) is 2.00. The molecule has 2 N–H and O–H groups in total. The van der Waals surface area contributed by atoms with Gasteiger partial charge >= 0.3 is 0 Å². The number of aliphatic hydroxyl groups is 2. The molecule has 0 saturated carbocycles. The van der Waals surface area contributed by atoms with Crippen LogP contribution in [-0.4, -0.2) is 42.8 Å². The van der Waals surface area contributed by atoms with Gasteiger partial charge in [-0.15, -0.1) is 0 Å². The van der Waals surface area contributed by atoms with E-state index in [-0.39, 0.29) is 24.0 Å². The Labute approximate surface area is 65.8 Å². The monoisotopic (exact) mass is 180 g/mol. The number of hydrogen-bond acceptors (Lipinski definition) is 4. The molecule has 1 fully saturated rings. The number of aliphatic hydroxyl groups excluding tert-OH is 2. The van der Waals surface area contributed by atoms with Crippen LogP contribution in [0, 0.1) is 5.92 Å². The quantitative estimate of drug-likeness (QED) is 0.558. The Hall–Kier alpha value is -0.130. The molecular weight excluding hydrogens is 168 g/mol. The lowest BCUT2D eigenvalue weighted by atomic mass is 10.0. The summed E-state index contributed by atoms with van der Waals surface area (Å²) in [7, 11) is -2.92. The van der Waals surface area contributed by atoms with Crippen LogP contribution in [-0.2, 0) is 9.84 Å². The van der Waals surface area contributed by atoms with Gasteiger partial charge < -0.3 is 10.2 Å². The fourth-order valence-corrected chi connectivity index (χ4v) is 3.15. The van der Waals surface area contributed by atoms with Crippen molar-refractivity contribution in [1.82, 2.24) is 0 Å². The zero-order valence-electron chi connectivity index (χ0n) is 6.10. The molecule has 66 valence electrons. The summed E-state index contributed by atoms with van der Waals surface area (Å²) >= 11 is 0. The van der Waals surface area contributed by atoms with E-state index < -0.39 is 15.9 Å². The molecular formula is C6H12O4S. The highest BCUT2D eigenvalue weighted by atomic mass is 32.2. The van der Waals surface area contributed by atoms with Gasteiger partial charge in [-0.2, -0.15) is 0 Å². The largest absolute Gasteiger partial charge is 0.394 e.